The van der Waals surface area contributed by atoms with Crippen molar-refractivity contribution in [2.24, 2.45) is 4.99 Å². The average Bonchev–Trinajstić information content (AvgIpc) is 3.19. The van der Waals surface area contributed by atoms with E-state index in [-0.39, 0.29) is 0 Å². The Bertz CT molecular complexity index is 469. The average molecular weight is 339 g/mol. The number of rotatable bonds is 9. The van der Waals surface area contributed by atoms with Gasteiger partial charge in [0.2, 0.25) is 0 Å². The van der Waals surface area contributed by atoms with Gasteiger partial charge in [0.1, 0.15) is 0 Å². The third-order valence-electron chi connectivity index (χ3n) is 3.87. The second kappa shape index (κ2) is 10.6. The summed E-state index contributed by atoms with van der Waals surface area (Å²) in [7, 11) is 0. The molecule has 1 saturated carbocycles. The molecular formula is C17H30N4OS. The second-order valence-electron chi connectivity index (χ2n) is 5.93. The van der Waals surface area contributed by atoms with Crippen molar-refractivity contribution in [1.29, 1.82) is 0 Å². The lowest BCUT2D eigenvalue weighted by molar-refractivity contribution is 0.0579. The van der Waals surface area contributed by atoms with E-state index in [4.69, 9.17) is 4.74 Å². The van der Waals surface area contributed by atoms with Crippen molar-refractivity contribution in [2.75, 3.05) is 26.2 Å². The van der Waals surface area contributed by atoms with Gasteiger partial charge in [0.25, 0.3) is 0 Å². The molecule has 0 aromatic carbocycles. The molecule has 5 nitrogen and oxygen atoms in total. The standard InChI is InChI=1S/C17H30N4OS/c1-3-18-17(20-11-9-16-21-13-14(2)23-16)19-10-6-12-22-15-7-4-5-8-15/h13,15H,3-12H2,1-2H3,(H2,18,19,20). The molecule has 130 valence electrons. The normalized spacial score (nSPS) is 16.0. The van der Waals surface area contributed by atoms with Gasteiger partial charge in [0.15, 0.2) is 5.96 Å². The van der Waals surface area contributed by atoms with Crippen LogP contribution in [0.25, 0.3) is 0 Å². The van der Waals surface area contributed by atoms with Gasteiger partial charge in [-0.3, -0.25) is 4.99 Å². The highest BCUT2D eigenvalue weighted by molar-refractivity contribution is 7.11. The largest absolute Gasteiger partial charge is 0.378 e. The Hall–Kier alpha value is -1.14. The molecule has 0 spiro atoms. The van der Waals surface area contributed by atoms with E-state index in [1.54, 1.807) is 11.3 Å². The smallest absolute Gasteiger partial charge is 0.191 e. The highest BCUT2D eigenvalue weighted by Gasteiger charge is 2.14. The molecule has 1 aliphatic rings. The van der Waals surface area contributed by atoms with E-state index in [1.807, 2.05) is 6.20 Å². The summed E-state index contributed by atoms with van der Waals surface area (Å²) < 4.78 is 5.87. The number of hydrogen-bond donors (Lipinski definition) is 2. The first-order chi connectivity index (χ1) is 11.3. The van der Waals surface area contributed by atoms with E-state index in [9.17, 15) is 0 Å². The van der Waals surface area contributed by atoms with Crippen LogP contribution in [0.3, 0.4) is 0 Å². The van der Waals surface area contributed by atoms with Crippen LogP contribution in [-0.2, 0) is 11.2 Å². The second-order valence-corrected chi connectivity index (χ2v) is 7.25. The zero-order valence-corrected chi connectivity index (χ0v) is 15.3. The van der Waals surface area contributed by atoms with Crippen LogP contribution in [0, 0.1) is 6.92 Å². The summed E-state index contributed by atoms with van der Waals surface area (Å²) in [6, 6.07) is 0. The summed E-state index contributed by atoms with van der Waals surface area (Å²) in [5, 5.41) is 7.84. The fourth-order valence-electron chi connectivity index (χ4n) is 2.71. The molecule has 1 aromatic rings. The van der Waals surface area contributed by atoms with Gasteiger partial charge in [0, 0.05) is 43.7 Å². The number of nitrogens with one attached hydrogen (secondary N) is 2. The number of aliphatic imine (C=N–C) groups is 1. The zero-order valence-electron chi connectivity index (χ0n) is 14.4. The van der Waals surface area contributed by atoms with Crippen molar-refractivity contribution in [3.8, 4) is 0 Å². The number of guanidine groups is 1. The fourth-order valence-corrected chi connectivity index (χ4v) is 3.49. The molecule has 6 heteroatoms. The van der Waals surface area contributed by atoms with Gasteiger partial charge in [-0.15, -0.1) is 11.3 Å². The molecule has 0 amide bonds. The molecule has 2 rings (SSSR count). The van der Waals surface area contributed by atoms with E-state index in [2.05, 4.69) is 34.5 Å². The van der Waals surface area contributed by atoms with Crippen LogP contribution in [0.1, 0.15) is 48.9 Å². The topological polar surface area (TPSA) is 58.5 Å². The van der Waals surface area contributed by atoms with Crippen LogP contribution in [0.2, 0.25) is 0 Å². The fraction of sp³-hybridized carbons (Fsp3) is 0.765. The molecule has 0 bridgehead atoms. The molecule has 1 aromatic heterocycles. The van der Waals surface area contributed by atoms with Crippen LogP contribution in [0.4, 0.5) is 0 Å². The summed E-state index contributed by atoms with van der Waals surface area (Å²) in [6.45, 7) is 7.54. The minimum atomic E-state index is 0.507. The molecular weight excluding hydrogens is 308 g/mol. The highest BCUT2D eigenvalue weighted by atomic mass is 32.1. The minimum Gasteiger partial charge on any atom is -0.378 e. The van der Waals surface area contributed by atoms with Crippen molar-refractivity contribution in [3.05, 3.63) is 16.1 Å². The van der Waals surface area contributed by atoms with Gasteiger partial charge in [-0.1, -0.05) is 12.8 Å². The molecule has 0 radical (unpaired) electrons. The molecule has 1 heterocycles. The lowest BCUT2D eigenvalue weighted by Crippen LogP contribution is -2.38. The number of aryl methyl sites for hydroxylation is 1. The maximum Gasteiger partial charge on any atom is 0.191 e. The molecule has 1 aliphatic carbocycles. The summed E-state index contributed by atoms with van der Waals surface area (Å²) in [5.74, 6) is 0.890. The molecule has 23 heavy (non-hydrogen) atoms. The van der Waals surface area contributed by atoms with Crippen molar-refractivity contribution in [1.82, 2.24) is 15.6 Å². The van der Waals surface area contributed by atoms with Crippen LogP contribution >= 0.6 is 11.3 Å². The molecule has 0 unspecified atom stereocenters. The Morgan fingerprint density at radius 1 is 1.39 bits per heavy atom. The Balaban J connectivity index is 1.60. The first-order valence-electron chi connectivity index (χ1n) is 8.83. The monoisotopic (exact) mass is 338 g/mol. The van der Waals surface area contributed by atoms with Crippen LogP contribution in [0.15, 0.2) is 11.2 Å². The quantitative estimate of drug-likeness (QED) is 0.413. The Morgan fingerprint density at radius 2 is 2.22 bits per heavy atom. The first-order valence-corrected chi connectivity index (χ1v) is 9.64. The molecule has 1 fully saturated rings. The summed E-state index contributed by atoms with van der Waals surface area (Å²) in [4.78, 5) is 10.3. The highest BCUT2D eigenvalue weighted by Crippen LogP contribution is 2.20. The van der Waals surface area contributed by atoms with Gasteiger partial charge < -0.3 is 15.4 Å². The van der Waals surface area contributed by atoms with Crippen LogP contribution in [-0.4, -0.2) is 43.3 Å². The van der Waals surface area contributed by atoms with Gasteiger partial charge in [-0.2, -0.15) is 0 Å². The van der Waals surface area contributed by atoms with Crippen LogP contribution in [0.5, 0.6) is 0 Å². The van der Waals surface area contributed by atoms with Crippen molar-refractivity contribution < 1.29 is 4.74 Å². The summed E-state index contributed by atoms with van der Waals surface area (Å²) in [5.41, 5.74) is 0. The zero-order chi connectivity index (χ0) is 16.3. The predicted octanol–water partition coefficient (Wildman–Crippen LogP) is 2.90. The summed E-state index contributed by atoms with van der Waals surface area (Å²) >= 11 is 1.76. The van der Waals surface area contributed by atoms with E-state index < -0.39 is 0 Å². The lowest BCUT2D eigenvalue weighted by Gasteiger charge is -2.12. The number of thiazole rings is 1. The Morgan fingerprint density at radius 3 is 2.91 bits per heavy atom. The molecule has 0 atom stereocenters. The van der Waals surface area contributed by atoms with E-state index in [0.717, 1.165) is 45.0 Å². The number of ether oxygens (including phenoxy) is 1. The van der Waals surface area contributed by atoms with Gasteiger partial charge in [-0.05, 0) is 33.1 Å². The predicted molar refractivity (Wildman–Crippen MR) is 97.4 cm³/mol. The third kappa shape index (κ3) is 7.31. The maximum atomic E-state index is 5.87. The molecule has 2 N–H and O–H groups in total. The van der Waals surface area contributed by atoms with Gasteiger partial charge in [0.05, 0.1) is 11.1 Å². The Labute approximate surface area is 144 Å². The summed E-state index contributed by atoms with van der Waals surface area (Å²) in [6.07, 6.45) is 9.50. The SMILES string of the molecule is CCNC(=NCCCOC1CCCC1)NCCc1ncc(C)s1. The van der Waals surface area contributed by atoms with Crippen molar-refractivity contribution in [3.63, 3.8) is 0 Å². The number of nitrogens with zero attached hydrogens (tertiary/aromatic N) is 2. The minimum absolute atomic E-state index is 0.507. The van der Waals surface area contributed by atoms with E-state index in [0.29, 0.717) is 6.10 Å². The van der Waals surface area contributed by atoms with Gasteiger partial charge >= 0.3 is 0 Å². The number of hydrogen-bond acceptors (Lipinski definition) is 4. The van der Waals surface area contributed by atoms with E-state index >= 15 is 0 Å². The van der Waals surface area contributed by atoms with Gasteiger partial charge in [-0.25, -0.2) is 4.98 Å². The Kier molecular flexibility index (Phi) is 8.39. The molecule has 0 saturated heterocycles. The third-order valence-corrected chi connectivity index (χ3v) is 4.85. The van der Waals surface area contributed by atoms with Crippen LogP contribution < -0.4 is 10.6 Å². The van der Waals surface area contributed by atoms with Crippen molar-refractivity contribution in [2.45, 2.75) is 58.5 Å². The van der Waals surface area contributed by atoms with E-state index in [1.165, 1.54) is 35.6 Å². The van der Waals surface area contributed by atoms with Crippen molar-refractivity contribution >= 4 is 17.3 Å². The first kappa shape index (κ1) is 18.2. The molecule has 0 aliphatic heterocycles. The maximum absolute atomic E-state index is 5.87. The lowest BCUT2D eigenvalue weighted by atomic mass is 10.3. The number of aromatic nitrogens is 1.